The number of thioether (sulfide) groups is 1. The molecular weight excluding hydrogens is 356 g/mol. The summed E-state index contributed by atoms with van der Waals surface area (Å²) in [5.74, 6) is -1.59. The number of aliphatic hydroxyl groups is 1. The predicted molar refractivity (Wildman–Crippen MR) is 99.0 cm³/mol. The van der Waals surface area contributed by atoms with Crippen LogP contribution in [0.1, 0.15) is 24.4 Å². The average molecular weight is 380 g/mol. The molecule has 1 amide bonds. The second kappa shape index (κ2) is 8.74. The third kappa shape index (κ3) is 4.49. The van der Waals surface area contributed by atoms with E-state index in [0.29, 0.717) is 12.3 Å². The Kier molecular flexibility index (Phi) is 6.90. The fraction of sp³-hybridized carbons (Fsp3) is 0.471. The third-order valence-electron chi connectivity index (χ3n) is 4.25. The van der Waals surface area contributed by atoms with Crippen LogP contribution in [0, 0.1) is 0 Å². The molecule has 0 radical (unpaired) electrons. The maximum absolute atomic E-state index is 12.9. The molecule has 1 aliphatic rings. The highest BCUT2D eigenvalue weighted by atomic mass is 32.2. The van der Waals surface area contributed by atoms with Gasteiger partial charge in [-0.15, -0.1) is 11.8 Å². The number of aliphatic hydroxyl groups excluding tert-OH is 1. The van der Waals surface area contributed by atoms with E-state index in [-0.39, 0.29) is 12.8 Å². The van der Waals surface area contributed by atoms with Gasteiger partial charge in [0, 0.05) is 24.8 Å². The molecule has 1 saturated heterocycles. The van der Waals surface area contributed by atoms with Crippen LogP contribution < -0.4 is 22.5 Å². The minimum atomic E-state index is -1.68. The van der Waals surface area contributed by atoms with Crippen molar-refractivity contribution < 1.29 is 19.5 Å². The highest BCUT2D eigenvalue weighted by molar-refractivity contribution is 8.02. The highest BCUT2D eigenvalue weighted by Gasteiger charge is 2.52. The Labute approximate surface area is 155 Å². The normalized spacial score (nSPS) is 23.2. The monoisotopic (exact) mass is 380 g/mol. The van der Waals surface area contributed by atoms with Gasteiger partial charge in [-0.2, -0.15) is 0 Å². The molecule has 0 spiro atoms. The number of Topliss-reactive ketones (excluding diaryl/α,β-unsaturated/α-hetero) is 2. The summed E-state index contributed by atoms with van der Waals surface area (Å²) in [7, 11) is 0. The predicted octanol–water partition coefficient (Wildman–Crippen LogP) is -1.19. The first kappa shape index (κ1) is 20.5. The smallest absolute Gasteiger partial charge is 0.219 e. The first-order valence-electron chi connectivity index (χ1n) is 8.28. The number of amides is 1. The summed E-state index contributed by atoms with van der Waals surface area (Å²) in [4.78, 5) is 35.0. The van der Waals surface area contributed by atoms with Crippen LogP contribution in [0.4, 0.5) is 0 Å². The molecule has 3 unspecified atom stereocenters. The molecule has 9 heteroatoms. The van der Waals surface area contributed by atoms with E-state index in [1.54, 1.807) is 12.1 Å². The molecule has 1 aliphatic heterocycles. The number of nitrogens with one attached hydrogen (secondary N) is 1. The van der Waals surface area contributed by atoms with Gasteiger partial charge in [0.25, 0.3) is 0 Å². The molecule has 1 aromatic carbocycles. The van der Waals surface area contributed by atoms with E-state index >= 15 is 0 Å². The second-order valence-electron chi connectivity index (χ2n) is 6.23. The van der Waals surface area contributed by atoms with Crippen LogP contribution in [0.2, 0.25) is 0 Å². The molecular formula is C17H24N4O4S. The number of ketones is 2. The van der Waals surface area contributed by atoms with E-state index in [9.17, 15) is 19.5 Å². The van der Waals surface area contributed by atoms with Crippen LogP contribution in [-0.4, -0.2) is 51.9 Å². The summed E-state index contributed by atoms with van der Waals surface area (Å²) < 4.78 is 0. The topological polar surface area (TPSA) is 162 Å². The molecule has 0 aliphatic carbocycles. The van der Waals surface area contributed by atoms with E-state index in [1.165, 1.54) is 0 Å². The Bertz CT molecular complexity index is 664. The van der Waals surface area contributed by atoms with Crippen LogP contribution in [0.3, 0.4) is 0 Å². The van der Waals surface area contributed by atoms with Crippen molar-refractivity contribution in [3.05, 3.63) is 35.9 Å². The lowest BCUT2D eigenvalue weighted by atomic mass is 9.92. The maximum atomic E-state index is 12.9. The largest absolute Gasteiger partial charge is 0.385 e. The number of hydrogen-bond acceptors (Lipinski definition) is 8. The van der Waals surface area contributed by atoms with E-state index < -0.39 is 40.5 Å². The quantitative estimate of drug-likeness (QED) is 0.334. The molecule has 1 aromatic rings. The molecule has 0 aromatic heterocycles. The van der Waals surface area contributed by atoms with Gasteiger partial charge in [0.15, 0.2) is 16.4 Å². The van der Waals surface area contributed by atoms with Crippen LogP contribution in [0.25, 0.3) is 0 Å². The zero-order valence-electron chi connectivity index (χ0n) is 14.3. The highest BCUT2D eigenvalue weighted by Crippen LogP contribution is 2.33. The number of benzene rings is 1. The van der Waals surface area contributed by atoms with Crippen molar-refractivity contribution in [2.24, 2.45) is 17.2 Å². The van der Waals surface area contributed by atoms with Crippen LogP contribution in [0.15, 0.2) is 30.3 Å². The zero-order valence-corrected chi connectivity index (χ0v) is 15.1. The summed E-state index contributed by atoms with van der Waals surface area (Å²) in [6, 6.07) is 7.28. The minimum absolute atomic E-state index is 0.0365. The molecule has 2 rings (SSSR count). The number of nitrogens with two attached hydrogens (primary N) is 3. The number of primary amides is 1. The number of hydrogen-bond donors (Lipinski definition) is 5. The Morgan fingerprint density at radius 2 is 1.85 bits per heavy atom. The van der Waals surface area contributed by atoms with Crippen molar-refractivity contribution in [2.45, 2.75) is 35.9 Å². The summed E-state index contributed by atoms with van der Waals surface area (Å²) >= 11 is 1.07. The van der Waals surface area contributed by atoms with Gasteiger partial charge in [0.05, 0.1) is 6.04 Å². The molecule has 1 fully saturated rings. The van der Waals surface area contributed by atoms with Gasteiger partial charge in [0.2, 0.25) is 5.91 Å². The minimum Gasteiger partial charge on any atom is -0.385 e. The van der Waals surface area contributed by atoms with Gasteiger partial charge in [0.1, 0.15) is 6.10 Å². The van der Waals surface area contributed by atoms with Gasteiger partial charge >= 0.3 is 0 Å². The summed E-state index contributed by atoms with van der Waals surface area (Å²) in [6.45, 7) is 0.406. The molecule has 1 heterocycles. The maximum Gasteiger partial charge on any atom is 0.219 e. The first-order chi connectivity index (χ1) is 12.3. The standard InChI is InChI=1S/C17H24N4O4S/c18-11(10-4-2-1-3-5-10)8-13(22)16(25)17(21-6-7-26-17)15(24)12(19)9-14(20)23/h1-5,11-13,21-22H,6-9,18-19H2,(H2,20,23)/t11?,12-,13?,17?/m0/s1. The zero-order chi connectivity index (χ0) is 19.3. The van der Waals surface area contributed by atoms with E-state index in [2.05, 4.69) is 5.32 Å². The van der Waals surface area contributed by atoms with Gasteiger partial charge in [-0.1, -0.05) is 30.3 Å². The lowest BCUT2D eigenvalue weighted by Gasteiger charge is -2.30. The second-order valence-corrected chi connectivity index (χ2v) is 7.54. The lowest BCUT2D eigenvalue weighted by molar-refractivity contribution is -0.138. The molecule has 26 heavy (non-hydrogen) atoms. The Morgan fingerprint density at radius 3 is 2.38 bits per heavy atom. The molecule has 0 saturated carbocycles. The summed E-state index contributed by atoms with van der Waals surface area (Å²) in [5, 5.41) is 13.3. The molecule has 0 bridgehead atoms. The SMILES string of the molecule is NC(=O)C[C@H](N)C(=O)C1(C(=O)C(O)CC(N)c2ccccc2)NCCS1. The van der Waals surface area contributed by atoms with Crippen LogP contribution in [0.5, 0.6) is 0 Å². The molecule has 4 atom stereocenters. The number of rotatable bonds is 9. The number of carbonyl (C=O) groups excluding carboxylic acids is 3. The van der Waals surface area contributed by atoms with E-state index in [1.807, 2.05) is 18.2 Å². The van der Waals surface area contributed by atoms with Crippen molar-refractivity contribution in [2.75, 3.05) is 12.3 Å². The average Bonchev–Trinajstić information content (AvgIpc) is 3.11. The molecule has 142 valence electrons. The molecule has 8 N–H and O–H groups in total. The summed E-state index contributed by atoms with van der Waals surface area (Å²) in [6.07, 6.45) is -1.85. The van der Waals surface area contributed by atoms with Crippen molar-refractivity contribution >= 4 is 29.2 Å². The van der Waals surface area contributed by atoms with Gasteiger partial charge in [-0.05, 0) is 12.0 Å². The summed E-state index contributed by atoms with van der Waals surface area (Å²) in [5.41, 5.74) is 17.7. The van der Waals surface area contributed by atoms with E-state index in [0.717, 1.165) is 17.3 Å². The van der Waals surface area contributed by atoms with Gasteiger partial charge in [-0.25, -0.2) is 0 Å². The fourth-order valence-corrected chi connectivity index (χ4v) is 4.20. The van der Waals surface area contributed by atoms with Crippen LogP contribution >= 0.6 is 11.8 Å². The van der Waals surface area contributed by atoms with Crippen molar-refractivity contribution in [3.63, 3.8) is 0 Å². The van der Waals surface area contributed by atoms with Crippen molar-refractivity contribution in [3.8, 4) is 0 Å². The first-order valence-corrected chi connectivity index (χ1v) is 9.26. The Balaban J connectivity index is 2.14. The fourth-order valence-electron chi connectivity index (χ4n) is 2.91. The van der Waals surface area contributed by atoms with Crippen molar-refractivity contribution in [1.82, 2.24) is 5.32 Å². The van der Waals surface area contributed by atoms with Gasteiger partial charge in [-0.3, -0.25) is 19.7 Å². The van der Waals surface area contributed by atoms with Crippen LogP contribution in [-0.2, 0) is 14.4 Å². The Hall–Kier alpha value is -1.78. The third-order valence-corrected chi connectivity index (χ3v) is 5.64. The number of carbonyl (C=O) groups is 3. The molecule has 8 nitrogen and oxygen atoms in total. The lowest BCUT2D eigenvalue weighted by Crippen LogP contribution is -2.61. The Morgan fingerprint density at radius 1 is 1.19 bits per heavy atom. The van der Waals surface area contributed by atoms with Crippen molar-refractivity contribution in [1.29, 1.82) is 0 Å². The van der Waals surface area contributed by atoms with E-state index in [4.69, 9.17) is 17.2 Å². The van der Waals surface area contributed by atoms with Gasteiger partial charge < -0.3 is 22.3 Å².